The number of hydrogen-bond donors (Lipinski definition) is 0. The molecule has 0 aromatic carbocycles. The lowest BCUT2D eigenvalue weighted by atomic mass is 9.96. The maximum atomic E-state index is 5.75. The maximum absolute atomic E-state index is 5.75. The van der Waals surface area contributed by atoms with Gasteiger partial charge >= 0.3 is 0 Å². The van der Waals surface area contributed by atoms with E-state index in [4.69, 9.17) is 9.47 Å². The Bertz CT molecular complexity index is 485. The number of methoxy groups -OCH3 is 1. The zero-order valence-electron chi connectivity index (χ0n) is 14.3. The summed E-state index contributed by atoms with van der Waals surface area (Å²) in [5.74, 6) is 2.13. The van der Waals surface area contributed by atoms with Gasteiger partial charge in [-0.15, -0.1) is 0 Å². The van der Waals surface area contributed by atoms with Gasteiger partial charge in [-0.3, -0.25) is 0 Å². The molecule has 1 atom stereocenters. The first kappa shape index (κ1) is 16.5. The number of likely N-dealkylation sites (tertiary alicyclic amines) is 1. The minimum atomic E-state index is 0.470. The molecule has 1 unspecified atom stereocenters. The average Bonchev–Trinajstić information content (AvgIpc) is 3.09. The molecule has 0 radical (unpaired) electrons. The minimum absolute atomic E-state index is 0.470. The number of piperidine rings is 1. The van der Waals surface area contributed by atoms with Crippen LogP contribution in [0.15, 0.2) is 12.4 Å². The smallest absolute Gasteiger partial charge is 0.257 e. The summed E-state index contributed by atoms with van der Waals surface area (Å²) in [4.78, 5) is 13.4. The zero-order chi connectivity index (χ0) is 16.1. The second-order valence-electron chi connectivity index (χ2n) is 6.65. The topological polar surface area (TPSA) is 50.7 Å². The molecule has 23 heavy (non-hydrogen) atoms. The van der Waals surface area contributed by atoms with E-state index >= 15 is 0 Å². The van der Waals surface area contributed by atoms with Crippen LogP contribution in [0.1, 0.15) is 25.7 Å². The molecule has 2 fully saturated rings. The lowest BCUT2D eigenvalue weighted by Crippen LogP contribution is -2.41. The van der Waals surface area contributed by atoms with Gasteiger partial charge in [0.25, 0.3) is 5.88 Å². The molecular formula is C17H28N4O2. The third-order valence-electron chi connectivity index (χ3n) is 4.93. The lowest BCUT2D eigenvalue weighted by molar-refractivity contribution is 0.0603. The summed E-state index contributed by atoms with van der Waals surface area (Å²) < 4.78 is 11.1. The Labute approximate surface area is 138 Å². The molecule has 0 N–H and O–H groups in total. The van der Waals surface area contributed by atoms with Gasteiger partial charge in [-0.25, -0.2) is 9.97 Å². The first-order valence-corrected chi connectivity index (χ1v) is 8.66. The molecular weight excluding hydrogens is 292 g/mol. The van der Waals surface area contributed by atoms with Crippen molar-refractivity contribution in [2.75, 3.05) is 51.8 Å². The van der Waals surface area contributed by atoms with Crippen LogP contribution in [-0.4, -0.2) is 67.9 Å². The molecule has 128 valence electrons. The fraction of sp³-hybridized carbons (Fsp3) is 0.765. The Kier molecular flexibility index (Phi) is 5.67. The van der Waals surface area contributed by atoms with Crippen LogP contribution >= 0.6 is 0 Å². The van der Waals surface area contributed by atoms with E-state index in [0.717, 1.165) is 25.5 Å². The number of ether oxygens (including phenoxy) is 2. The van der Waals surface area contributed by atoms with E-state index < -0.39 is 0 Å². The summed E-state index contributed by atoms with van der Waals surface area (Å²) in [6.45, 7) is 5.42. The fourth-order valence-electron chi connectivity index (χ4n) is 3.63. The van der Waals surface area contributed by atoms with E-state index in [0.29, 0.717) is 17.9 Å². The van der Waals surface area contributed by atoms with Crippen molar-refractivity contribution >= 4 is 5.82 Å². The third-order valence-corrected chi connectivity index (χ3v) is 4.93. The molecule has 1 aromatic heterocycles. The van der Waals surface area contributed by atoms with Gasteiger partial charge in [0.1, 0.15) is 0 Å². The van der Waals surface area contributed by atoms with E-state index in [1.165, 1.54) is 38.8 Å². The Balaban J connectivity index is 1.46. The first-order valence-electron chi connectivity index (χ1n) is 8.66. The number of nitrogens with zero attached hydrogens (tertiary/aromatic N) is 4. The summed E-state index contributed by atoms with van der Waals surface area (Å²) >= 11 is 0. The predicted molar refractivity (Wildman–Crippen MR) is 90.0 cm³/mol. The van der Waals surface area contributed by atoms with Crippen molar-refractivity contribution in [2.45, 2.75) is 31.8 Å². The largest absolute Gasteiger partial charge is 0.478 e. The highest BCUT2D eigenvalue weighted by atomic mass is 16.5. The summed E-state index contributed by atoms with van der Waals surface area (Å²) in [6.07, 6.45) is 8.79. The van der Waals surface area contributed by atoms with E-state index in [-0.39, 0.29) is 0 Å². The summed E-state index contributed by atoms with van der Waals surface area (Å²) in [6, 6.07) is 0. The lowest BCUT2D eigenvalue weighted by Gasteiger charge is -2.35. The molecule has 6 nitrogen and oxygen atoms in total. The highest BCUT2D eigenvalue weighted by Crippen LogP contribution is 2.25. The number of anilines is 1. The van der Waals surface area contributed by atoms with Gasteiger partial charge in [-0.2, -0.15) is 0 Å². The standard InChI is InChI=1S/C17H28N4O2/c1-20(16-17(22-2)19-8-7-18-16)12-14-5-9-21(10-6-14)13-15-4-3-11-23-15/h7-8,14-15H,3-6,9-13H2,1-2H3. The van der Waals surface area contributed by atoms with Gasteiger partial charge in [0.05, 0.1) is 13.2 Å². The van der Waals surface area contributed by atoms with Crippen LogP contribution in [-0.2, 0) is 4.74 Å². The first-order chi connectivity index (χ1) is 11.3. The molecule has 3 heterocycles. The van der Waals surface area contributed by atoms with E-state index in [9.17, 15) is 0 Å². The molecule has 0 aliphatic carbocycles. The molecule has 2 aliphatic rings. The van der Waals surface area contributed by atoms with Gasteiger partial charge in [-0.05, 0) is 44.7 Å². The van der Waals surface area contributed by atoms with Crippen LogP contribution in [0.2, 0.25) is 0 Å². The Hall–Kier alpha value is -1.40. The molecule has 2 aliphatic heterocycles. The summed E-state index contributed by atoms with van der Waals surface area (Å²) in [5, 5.41) is 0. The van der Waals surface area contributed by atoms with Crippen LogP contribution in [0.5, 0.6) is 5.88 Å². The van der Waals surface area contributed by atoms with Gasteiger partial charge < -0.3 is 19.3 Å². The van der Waals surface area contributed by atoms with Crippen LogP contribution in [0.25, 0.3) is 0 Å². The zero-order valence-corrected chi connectivity index (χ0v) is 14.3. The molecule has 0 amide bonds. The van der Waals surface area contributed by atoms with Crippen LogP contribution in [0.3, 0.4) is 0 Å². The van der Waals surface area contributed by atoms with E-state index in [2.05, 4.69) is 26.8 Å². The Morgan fingerprint density at radius 3 is 2.74 bits per heavy atom. The Morgan fingerprint density at radius 2 is 2.04 bits per heavy atom. The SMILES string of the molecule is COc1nccnc1N(C)CC1CCN(CC2CCCO2)CC1. The van der Waals surface area contributed by atoms with Gasteiger partial charge in [-0.1, -0.05) is 0 Å². The van der Waals surface area contributed by atoms with Crippen LogP contribution in [0.4, 0.5) is 5.82 Å². The van der Waals surface area contributed by atoms with Crippen LogP contribution < -0.4 is 9.64 Å². The van der Waals surface area contributed by atoms with Crippen molar-refractivity contribution in [2.24, 2.45) is 5.92 Å². The molecule has 6 heteroatoms. The van der Waals surface area contributed by atoms with Crippen molar-refractivity contribution in [1.29, 1.82) is 0 Å². The number of aromatic nitrogens is 2. The average molecular weight is 320 g/mol. The summed E-state index contributed by atoms with van der Waals surface area (Å²) in [7, 11) is 3.72. The molecule has 0 bridgehead atoms. The number of rotatable bonds is 6. The van der Waals surface area contributed by atoms with Crippen molar-refractivity contribution in [1.82, 2.24) is 14.9 Å². The minimum Gasteiger partial charge on any atom is -0.478 e. The highest BCUT2D eigenvalue weighted by molar-refractivity contribution is 5.46. The molecule has 1 aromatic rings. The normalized spacial score (nSPS) is 23.1. The van der Waals surface area contributed by atoms with Crippen molar-refractivity contribution in [3.63, 3.8) is 0 Å². The van der Waals surface area contributed by atoms with Crippen LogP contribution in [0, 0.1) is 5.92 Å². The molecule has 0 spiro atoms. The number of hydrogen-bond acceptors (Lipinski definition) is 6. The predicted octanol–water partition coefficient (Wildman–Crippen LogP) is 1.81. The third kappa shape index (κ3) is 4.32. The fourth-order valence-corrected chi connectivity index (χ4v) is 3.63. The van der Waals surface area contributed by atoms with Gasteiger partial charge in [0.15, 0.2) is 5.82 Å². The van der Waals surface area contributed by atoms with Gasteiger partial charge in [0, 0.05) is 39.1 Å². The van der Waals surface area contributed by atoms with Crippen molar-refractivity contribution < 1.29 is 9.47 Å². The molecule has 0 saturated carbocycles. The van der Waals surface area contributed by atoms with Crippen molar-refractivity contribution in [3.05, 3.63) is 12.4 Å². The highest BCUT2D eigenvalue weighted by Gasteiger charge is 2.25. The molecule has 3 rings (SSSR count). The molecule has 2 saturated heterocycles. The maximum Gasteiger partial charge on any atom is 0.257 e. The van der Waals surface area contributed by atoms with E-state index in [1.54, 1.807) is 19.5 Å². The van der Waals surface area contributed by atoms with E-state index in [1.807, 2.05) is 0 Å². The Morgan fingerprint density at radius 1 is 1.26 bits per heavy atom. The quantitative estimate of drug-likeness (QED) is 0.797. The second-order valence-corrected chi connectivity index (χ2v) is 6.65. The van der Waals surface area contributed by atoms with Gasteiger partial charge in [0.2, 0.25) is 0 Å². The van der Waals surface area contributed by atoms with Crippen molar-refractivity contribution in [3.8, 4) is 5.88 Å². The second kappa shape index (κ2) is 7.93. The summed E-state index contributed by atoms with van der Waals surface area (Å²) in [5.41, 5.74) is 0. The monoisotopic (exact) mass is 320 g/mol.